The van der Waals surface area contributed by atoms with Crippen LogP contribution in [-0.2, 0) is 4.74 Å². The molecule has 4 saturated heterocycles. The van der Waals surface area contributed by atoms with Gasteiger partial charge in [-0.25, -0.2) is 0 Å². The molecular formula is C11H20NO+. The summed E-state index contributed by atoms with van der Waals surface area (Å²) >= 11 is 0. The zero-order chi connectivity index (χ0) is 9.05. The van der Waals surface area contributed by atoms with E-state index in [0.29, 0.717) is 12.2 Å². The molecule has 0 saturated carbocycles. The first-order valence-corrected chi connectivity index (χ1v) is 5.65. The van der Waals surface area contributed by atoms with Gasteiger partial charge < -0.3 is 9.22 Å². The number of rotatable bonds is 0. The van der Waals surface area contributed by atoms with Crippen molar-refractivity contribution in [1.82, 2.24) is 0 Å². The highest BCUT2D eigenvalue weighted by atomic mass is 16.5. The van der Waals surface area contributed by atoms with E-state index >= 15 is 0 Å². The van der Waals surface area contributed by atoms with Crippen molar-refractivity contribution in [2.75, 3.05) is 20.6 Å². The van der Waals surface area contributed by atoms with Crippen LogP contribution in [0.15, 0.2) is 0 Å². The molecular weight excluding hydrogens is 162 g/mol. The van der Waals surface area contributed by atoms with Crippen LogP contribution in [0.5, 0.6) is 0 Å². The lowest BCUT2D eigenvalue weighted by Gasteiger charge is -2.45. The van der Waals surface area contributed by atoms with Gasteiger partial charge in [0.15, 0.2) is 0 Å². The van der Waals surface area contributed by atoms with Crippen LogP contribution in [0.2, 0.25) is 0 Å². The Morgan fingerprint density at radius 1 is 1.00 bits per heavy atom. The van der Waals surface area contributed by atoms with Gasteiger partial charge in [0.05, 0.1) is 26.7 Å². The molecule has 1 unspecified atom stereocenters. The van der Waals surface area contributed by atoms with Gasteiger partial charge in [-0.05, 0) is 19.3 Å². The Morgan fingerprint density at radius 2 is 1.77 bits per heavy atom. The smallest absolute Gasteiger partial charge is 0.115 e. The fourth-order valence-corrected chi connectivity index (χ4v) is 3.82. The summed E-state index contributed by atoms with van der Waals surface area (Å²) in [7, 11) is 4.78. The zero-order valence-corrected chi connectivity index (χ0v) is 8.70. The van der Waals surface area contributed by atoms with E-state index in [1.165, 1.54) is 36.7 Å². The van der Waals surface area contributed by atoms with E-state index in [2.05, 4.69) is 14.1 Å². The van der Waals surface area contributed by atoms with Gasteiger partial charge >= 0.3 is 0 Å². The van der Waals surface area contributed by atoms with Crippen molar-refractivity contribution in [2.45, 2.75) is 43.9 Å². The maximum absolute atomic E-state index is 6.13. The summed E-state index contributed by atoms with van der Waals surface area (Å²) in [6.07, 6.45) is 6.70. The summed E-state index contributed by atoms with van der Waals surface area (Å²) in [6, 6.07) is 0.795. The molecule has 2 nitrogen and oxygen atoms in total. The third-order valence-electron chi connectivity index (χ3n) is 4.48. The Morgan fingerprint density at radius 3 is 2.54 bits per heavy atom. The summed E-state index contributed by atoms with van der Waals surface area (Å²) < 4.78 is 7.34. The third-order valence-corrected chi connectivity index (χ3v) is 4.48. The number of fused-ring (bicyclic) bond motifs is 2. The van der Waals surface area contributed by atoms with Crippen molar-refractivity contribution in [3.63, 3.8) is 0 Å². The predicted octanol–water partition coefficient (Wildman–Crippen LogP) is 1.40. The molecule has 4 rings (SSSR count). The molecule has 4 fully saturated rings. The second kappa shape index (κ2) is 2.48. The van der Waals surface area contributed by atoms with E-state index in [-0.39, 0.29) is 0 Å². The Balaban J connectivity index is 1.97. The normalized spacial score (nSPS) is 52.2. The van der Waals surface area contributed by atoms with Crippen LogP contribution in [0.4, 0.5) is 0 Å². The summed E-state index contributed by atoms with van der Waals surface area (Å²) in [6.45, 7) is 1.35. The van der Waals surface area contributed by atoms with Gasteiger partial charge in [-0.15, -0.1) is 0 Å². The average molecular weight is 182 g/mol. The molecule has 0 aromatic heterocycles. The number of hydrogen-bond acceptors (Lipinski definition) is 1. The van der Waals surface area contributed by atoms with Gasteiger partial charge in [-0.2, -0.15) is 0 Å². The number of piperidine rings is 1. The molecule has 0 spiro atoms. The molecule has 0 aromatic rings. The highest BCUT2D eigenvalue weighted by molar-refractivity contribution is 4.92. The molecule has 0 amide bonds. The van der Waals surface area contributed by atoms with Crippen molar-refractivity contribution < 1.29 is 9.22 Å². The molecule has 0 aliphatic carbocycles. The van der Waals surface area contributed by atoms with Crippen molar-refractivity contribution >= 4 is 0 Å². The molecule has 4 heterocycles. The molecule has 0 N–H and O–H groups in total. The Kier molecular flexibility index (Phi) is 1.58. The van der Waals surface area contributed by atoms with Crippen molar-refractivity contribution in [1.29, 1.82) is 0 Å². The fourth-order valence-electron chi connectivity index (χ4n) is 3.82. The predicted molar refractivity (Wildman–Crippen MR) is 51.4 cm³/mol. The number of hydrogen-bond donors (Lipinski definition) is 0. The van der Waals surface area contributed by atoms with Crippen molar-refractivity contribution in [3.05, 3.63) is 0 Å². The van der Waals surface area contributed by atoms with Crippen LogP contribution < -0.4 is 0 Å². The third kappa shape index (κ3) is 1.08. The highest BCUT2D eigenvalue weighted by Crippen LogP contribution is 2.43. The first-order chi connectivity index (χ1) is 6.17. The van der Waals surface area contributed by atoms with Crippen LogP contribution in [0.1, 0.15) is 25.7 Å². The largest absolute Gasteiger partial charge is 0.368 e. The van der Waals surface area contributed by atoms with E-state index < -0.39 is 0 Å². The van der Waals surface area contributed by atoms with Crippen molar-refractivity contribution in [2.24, 2.45) is 5.92 Å². The molecule has 4 aliphatic rings. The minimum Gasteiger partial charge on any atom is -0.368 e. The fraction of sp³-hybridized carbons (Fsp3) is 1.00. The van der Waals surface area contributed by atoms with E-state index in [4.69, 9.17) is 4.74 Å². The monoisotopic (exact) mass is 182 g/mol. The van der Waals surface area contributed by atoms with Crippen molar-refractivity contribution in [3.8, 4) is 0 Å². The van der Waals surface area contributed by atoms with Gasteiger partial charge in [0.25, 0.3) is 0 Å². The summed E-state index contributed by atoms with van der Waals surface area (Å²) in [5, 5.41) is 0. The Hall–Kier alpha value is -0.0800. The van der Waals surface area contributed by atoms with E-state index in [0.717, 1.165) is 12.0 Å². The first-order valence-electron chi connectivity index (χ1n) is 5.65. The maximum Gasteiger partial charge on any atom is 0.115 e. The van der Waals surface area contributed by atoms with Gasteiger partial charge in [0.2, 0.25) is 0 Å². The Bertz CT molecular complexity index is 226. The van der Waals surface area contributed by atoms with Gasteiger partial charge in [0.1, 0.15) is 12.1 Å². The molecule has 4 bridgehead atoms. The molecule has 0 aromatic carbocycles. The highest BCUT2D eigenvalue weighted by Gasteiger charge is 2.52. The maximum atomic E-state index is 6.13. The van der Waals surface area contributed by atoms with Crippen LogP contribution in [0, 0.1) is 5.92 Å². The van der Waals surface area contributed by atoms with E-state index in [9.17, 15) is 0 Å². The van der Waals surface area contributed by atoms with Gasteiger partial charge in [-0.3, -0.25) is 0 Å². The topological polar surface area (TPSA) is 9.23 Å². The summed E-state index contributed by atoms with van der Waals surface area (Å²) in [5.74, 6) is 0.860. The quantitative estimate of drug-likeness (QED) is 0.515. The molecule has 2 heteroatoms. The van der Waals surface area contributed by atoms with Crippen LogP contribution >= 0.6 is 0 Å². The molecule has 13 heavy (non-hydrogen) atoms. The summed E-state index contributed by atoms with van der Waals surface area (Å²) in [5.41, 5.74) is 0. The van der Waals surface area contributed by atoms with Crippen LogP contribution in [-0.4, -0.2) is 43.4 Å². The van der Waals surface area contributed by atoms with Crippen LogP contribution in [0.25, 0.3) is 0 Å². The average Bonchev–Trinajstić information content (AvgIpc) is 2.39. The Labute approximate surface area is 80.5 Å². The molecule has 4 aliphatic heterocycles. The molecule has 4 atom stereocenters. The number of ether oxygens (including phenoxy) is 1. The lowest BCUT2D eigenvalue weighted by molar-refractivity contribution is -0.924. The summed E-state index contributed by atoms with van der Waals surface area (Å²) in [4.78, 5) is 0. The second-order valence-electron chi connectivity index (χ2n) is 5.66. The van der Waals surface area contributed by atoms with E-state index in [1.807, 2.05) is 0 Å². The minimum absolute atomic E-state index is 0.590. The van der Waals surface area contributed by atoms with E-state index in [1.54, 1.807) is 0 Å². The van der Waals surface area contributed by atoms with Gasteiger partial charge in [0, 0.05) is 12.3 Å². The van der Waals surface area contributed by atoms with Crippen LogP contribution in [0.3, 0.4) is 0 Å². The molecule has 74 valence electrons. The number of likely N-dealkylation sites (N-methyl/N-ethyl adjacent to an activating group) is 1. The molecule has 0 radical (unpaired) electrons. The van der Waals surface area contributed by atoms with Gasteiger partial charge in [-0.1, -0.05) is 0 Å². The lowest BCUT2D eigenvalue weighted by Crippen LogP contribution is -2.58. The lowest BCUT2D eigenvalue weighted by atomic mass is 9.82. The zero-order valence-electron chi connectivity index (χ0n) is 8.70. The number of nitrogens with zero attached hydrogens (tertiary/aromatic N) is 1. The first kappa shape index (κ1) is 8.25. The number of quaternary nitrogens is 1. The standard InChI is InChI=1S/C11H20NO/c1-12(2)7-8-3-4-9(12)11-6-5-10(8)13-11/h8-11H,3-7H2,1-2H3/q+1/t8-,9?,10-,11+/m1/s1. The second-order valence-corrected chi connectivity index (χ2v) is 5.66. The minimum atomic E-state index is 0.590. The SMILES string of the molecule is C[N+]1(C)C[C@H]2CCC1[C@@H]1CC[C@H]2O1.